The number of nitrogens with two attached hydrogens (primary N) is 2. The number of halogens is 1. The predicted octanol–water partition coefficient (Wildman–Crippen LogP) is 15.7. The summed E-state index contributed by atoms with van der Waals surface area (Å²) in [5.74, 6) is 10.5. The molecule has 0 amide bonds. The number of rotatable bonds is 29. The summed E-state index contributed by atoms with van der Waals surface area (Å²) in [4.78, 5) is 2.75. The number of benzene rings is 10. The van der Waals surface area contributed by atoms with E-state index in [0.717, 1.165) is 78.8 Å². The van der Waals surface area contributed by atoms with Gasteiger partial charge in [0, 0.05) is 23.9 Å². The van der Waals surface area contributed by atoms with Crippen molar-refractivity contribution in [3.63, 3.8) is 0 Å². The zero-order valence-corrected chi connectivity index (χ0v) is 60.5. The zero-order valence-electron chi connectivity index (χ0n) is 59.7. The second-order valence-corrected chi connectivity index (χ2v) is 21.9. The number of phenols is 1. The van der Waals surface area contributed by atoms with Gasteiger partial charge < -0.3 is 93.1 Å². The van der Waals surface area contributed by atoms with Crippen LogP contribution in [0.25, 0.3) is 10.4 Å². The van der Waals surface area contributed by atoms with Crippen LogP contribution in [0.5, 0.6) is 86.2 Å². The van der Waals surface area contributed by atoms with Gasteiger partial charge >= 0.3 is 0 Å². The Kier molecular flexibility index (Phi) is 37.5. The fourth-order valence-corrected chi connectivity index (χ4v) is 9.16. The maximum absolute atomic E-state index is 9.19. The first-order valence-electron chi connectivity index (χ1n) is 32.1. The van der Waals surface area contributed by atoms with Gasteiger partial charge in [0.2, 0.25) is 0 Å². The molecule has 103 heavy (non-hydrogen) atoms. The zero-order chi connectivity index (χ0) is 74.6. The standard InChI is InChI=1S/C16H17N3O3.2C16H19NO3.C16H18O4.C8H9ClO.C8H10O3/c1-20-14-6-3-12(4-7-14)11-22-16-9-13(10-18-19-17)5-8-15(16)21-2;3*1-18-14-6-3-12(4-7-14)11-20-16-9-13(10-17)5-8-15(16)19-2;1-10-8-4-2-7(6-9)3-5-8;1-11-8-3-2-6(5-9)4-7(8)10/h3-9H,10-11H2,1-2H3;2*3-9H,10-11,17H2,1-2H3;3-9,17H,10-11H2,1-2H3;2-5H,6H2,1H3;2-4,9-10H,5H2,1H3. The molecule has 0 fully saturated rings. The molecule has 0 aromatic heterocycles. The summed E-state index contributed by atoms with van der Waals surface area (Å²) in [6.45, 7) is 2.90. The minimum Gasteiger partial charge on any atom is -0.504 e. The van der Waals surface area contributed by atoms with Crippen LogP contribution >= 0.6 is 11.6 Å². The second kappa shape index (κ2) is 46.9. The number of aliphatic hydroxyl groups is 2. The molecule has 0 atom stereocenters. The van der Waals surface area contributed by atoms with E-state index in [0.29, 0.717) is 103 Å². The molecule has 0 heterocycles. The first-order valence-corrected chi connectivity index (χ1v) is 32.6. The van der Waals surface area contributed by atoms with E-state index in [1.54, 1.807) is 100 Å². The van der Waals surface area contributed by atoms with Crippen molar-refractivity contribution >= 4 is 11.6 Å². The Morgan fingerprint density at radius 2 is 0.553 bits per heavy atom. The number of phenolic OH excluding ortho intramolecular Hbond substituents is 1. The van der Waals surface area contributed by atoms with Gasteiger partial charge in [0.25, 0.3) is 0 Å². The third-order valence-electron chi connectivity index (χ3n) is 14.8. The number of nitrogens with zero attached hydrogens (tertiary/aromatic N) is 3. The van der Waals surface area contributed by atoms with Gasteiger partial charge in [0.1, 0.15) is 55.2 Å². The Hall–Kier alpha value is -11.4. The van der Waals surface area contributed by atoms with Gasteiger partial charge in [-0.05, 0) is 182 Å². The lowest BCUT2D eigenvalue weighted by molar-refractivity contribution is 0.271. The minimum absolute atomic E-state index is 0.0249. The Morgan fingerprint density at radius 3 is 0.806 bits per heavy atom. The molecule has 22 nitrogen and oxygen atoms in total. The highest BCUT2D eigenvalue weighted by Crippen LogP contribution is 2.34. The smallest absolute Gasteiger partial charge is 0.162 e. The monoisotopic (exact) mass is 1430 g/mol. The molecule has 0 radical (unpaired) electrons. The van der Waals surface area contributed by atoms with Crippen molar-refractivity contribution in [1.82, 2.24) is 0 Å². The number of alkyl halides is 1. The highest BCUT2D eigenvalue weighted by Gasteiger charge is 2.11. The third kappa shape index (κ3) is 28.7. The van der Waals surface area contributed by atoms with Crippen molar-refractivity contribution in [3.05, 3.63) is 278 Å². The van der Waals surface area contributed by atoms with E-state index in [4.69, 9.17) is 105 Å². The molecule has 7 N–H and O–H groups in total. The fourth-order valence-electron chi connectivity index (χ4n) is 8.98. The van der Waals surface area contributed by atoms with Gasteiger partial charge in [0.05, 0.1) is 90.9 Å². The Bertz CT molecular complexity index is 3820. The van der Waals surface area contributed by atoms with Crippen molar-refractivity contribution in [2.24, 2.45) is 16.6 Å². The lowest BCUT2D eigenvalue weighted by atomic mass is 10.2. The summed E-state index contributed by atoms with van der Waals surface area (Å²) in [5, 5.41) is 30.6. The van der Waals surface area contributed by atoms with Crippen molar-refractivity contribution in [2.45, 2.75) is 65.2 Å². The van der Waals surface area contributed by atoms with E-state index >= 15 is 0 Å². The summed E-state index contributed by atoms with van der Waals surface area (Å²) < 4.78 is 74.5. The largest absolute Gasteiger partial charge is 0.504 e. The minimum atomic E-state index is -0.0719. The molecule has 10 aromatic carbocycles. The van der Waals surface area contributed by atoms with Crippen LogP contribution in [-0.2, 0) is 65.2 Å². The Morgan fingerprint density at radius 1 is 0.311 bits per heavy atom. The van der Waals surface area contributed by atoms with Gasteiger partial charge in [-0.15, -0.1) is 11.6 Å². The molecule has 0 bridgehead atoms. The van der Waals surface area contributed by atoms with Crippen molar-refractivity contribution in [1.29, 1.82) is 0 Å². The molecule has 0 saturated carbocycles. The summed E-state index contributed by atoms with van der Waals surface area (Å²) in [5.41, 5.74) is 29.3. The maximum Gasteiger partial charge on any atom is 0.162 e. The number of aliphatic hydroxyl groups excluding tert-OH is 2. The molecule has 10 rings (SSSR count). The second-order valence-electron chi connectivity index (χ2n) is 21.6. The molecule has 23 heteroatoms. The molecule has 0 spiro atoms. The molecule has 10 aromatic rings. The van der Waals surface area contributed by atoms with Gasteiger partial charge in [-0.1, -0.05) is 96.1 Å². The van der Waals surface area contributed by atoms with E-state index in [1.807, 2.05) is 170 Å². The van der Waals surface area contributed by atoms with E-state index in [9.17, 15) is 5.11 Å². The van der Waals surface area contributed by atoms with Gasteiger partial charge in [-0.25, -0.2) is 0 Å². The van der Waals surface area contributed by atoms with Gasteiger partial charge in [-0.2, -0.15) is 0 Å². The molecule has 0 aliphatic heterocycles. The maximum atomic E-state index is 9.19. The Balaban J connectivity index is 0.000000226. The highest BCUT2D eigenvalue weighted by molar-refractivity contribution is 6.17. The van der Waals surface area contributed by atoms with Crippen LogP contribution in [0.15, 0.2) is 217 Å². The molecule has 0 unspecified atom stereocenters. The summed E-state index contributed by atoms with van der Waals surface area (Å²) in [6.07, 6.45) is 0. The third-order valence-corrected chi connectivity index (χ3v) is 15.1. The molecular weight excluding hydrogens is 1340 g/mol. The summed E-state index contributed by atoms with van der Waals surface area (Å²) in [6, 6.07) is 65.5. The lowest BCUT2D eigenvalue weighted by Crippen LogP contribution is -2.01. The van der Waals surface area contributed by atoms with E-state index in [1.165, 1.54) is 13.2 Å². The van der Waals surface area contributed by atoms with E-state index in [2.05, 4.69) is 10.0 Å². The van der Waals surface area contributed by atoms with Gasteiger partial charge in [0.15, 0.2) is 57.5 Å². The van der Waals surface area contributed by atoms with E-state index in [-0.39, 0.29) is 25.5 Å². The number of aromatic hydroxyl groups is 1. The summed E-state index contributed by atoms with van der Waals surface area (Å²) >= 11 is 5.58. The number of azide groups is 1. The molecular formula is C80H92ClN5O17. The van der Waals surface area contributed by atoms with Crippen LogP contribution in [0.3, 0.4) is 0 Å². The fraction of sp³-hybridized carbons (Fsp3) is 0.250. The highest BCUT2D eigenvalue weighted by atomic mass is 35.5. The average Bonchev–Trinajstić information content (AvgIpc) is 0.881. The number of ether oxygens (including phenoxy) is 14. The Labute approximate surface area is 607 Å². The number of hydrogen-bond donors (Lipinski definition) is 5. The number of methoxy groups -OCH3 is 10. The molecule has 546 valence electrons. The summed E-state index contributed by atoms with van der Waals surface area (Å²) in [7, 11) is 16.1. The molecule has 0 aliphatic rings. The van der Waals surface area contributed by atoms with Crippen LogP contribution in [0, 0.1) is 0 Å². The van der Waals surface area contributed by atoms with Crippen LogP contribution in [0.2, 0.25) is 0 Å². The van der Waals surface area contributed by atoms with Crippen LogP contribution in [0.1, 0.15) is 55.6 Å². The van der Waals surface area contributed by atoms with Crippen LogP contribution in [-0.4, -0.2) is 86.4 Å². The van der Waals surface area contributed by atoms with Crippen LogP contribution < -0.4 is 77.8 Å². The first-order chi connectivity index (χ1) is 50.2. The van der Waals surface area contributed by atoms with Gasteiger partial charge in [-0.3, -0.25) is 0 Å². The van der Waals surface area contributed by atoms with Crippen molar-refractivity contribution in [2.75, 3.05) is 71.1 Å². The topological polar surface area (TPSA) is 291 Å². The molecule has 0 saturated heterocycles. The average molecular weight is 1430 g/mol. The van der Waals surface area contributed by atoms with Crippen molar-refractivity contribution < 1.29 is 81.6 Å². The predicted molar refractivity (Wildman–Crippen MR) is 399 cm³/mol. The van der Waals surface area contributed by atoms with Crippen LogP contribution in [0.4, 0.5) is 0 Å². The van der Waals surface area contributed by atoms with E-state index < -0.39 is 0 Å². The van der Waals surface area contributed by atoms with Crippen molar-refractivity contribution in [3.8, 4) is 86.2 Å². The lowest BCUT2D eigenvalue weighted by Gasteiger charge is -2.12. The SMILES string of the molecule is COc1ccc(CCl)cc1.COc1ccc(CO)cc1O.COc1ccc(COc2cc(CN)ccc2OC)cc1.COc1ccc(COc2cc(CN)ccc2OC)cc1.COc1ccc(COc2cc(CN=[N+]=[N-])ccc2OC)cc1.COc1ccc(COc2cc(CO)ccc2OC)cc1. The number of hydrogen-bond acceptors (Lipinski definition) is 20. The quantitative estimate of drug-likeness (QED) is 0.0126. The normalized spacial score (nSPS) is 9.93. The molecule has 0 aliphatic carbocycles. The first kappa shape index (κ1) is 82.3.